The van der Waals surface area contributed by atoms with E-state index >= 15 is 0 Å². The first-order valence-corrected chi connectivity index (χ1v) is 15.5. The lowest BCUT2D eigenvalue weighted by atomic mass is 9.73. The number of aryl methyl sites for hydroxylation is 2. The average Bonchev–Trinajstić information content (AvgIpc) is 2.80. The summed E-state index contributed by atoms with van der Waals surface area (Å²) in [6.07, 6.45) is 17.7. The highest BCUT2D eigenvalue weighted by Gasteiger charge is 2.31. The summed E-state index contributed by atoms with van der Waals surface area (Å²) in [4.78, 5) is 0. The molecule has 0 nitrogen and oxygen atoms in total. The van der Waals surface area contributed by atoms with Crippen molar-refractivity contribution < 1.29 is 8.78 Å². The van der Waals surface area contributed by atoms with Gasteiger partial charge in [0.1, 0.15) is 0 Å². The van der Waals surface area contributed by atoms with Gasteiger partial charge < -0.3 is 0 Å². The van der Waals surface area contributed by atoms with E-state index in [9.17, 15) is 8.78 Å². The maximum Gasteiger partial charge on any atom is 0.162 e. The topological polar surface area (TPSA) is 0 Å². The number of hydrogen-bond acceptors (Lipinski definition) is 0. The van der Waals surface area contributed by atoms with Crippen molar-refractivity contribution >= 4 is 8.80 Å². The molecule has 1 radical (unpaired) electrons. The monoisotopic (exact) mass is 447 g/mol. The minimum atomic E-state index is -0.629. The first-order valence-electron chi connectivity index (χ1n) is 13.4. The van der Waals surface area contributed by atoms with Crippen molar-refractivity contribution in [2.24, 2.45) is 17.8 Å². The minimum Gasteiger partial charge on any atom is -0.203 e. The Morgan fingerprint density at radius 2 is 1.42 bits per heavy atom. The first kappa shape index (κ1) is 24.9. The molecule has 0 amide bonds. The molecule has 0 bridgehead atoms. The quantitative estimate of drug-likeness (QED) is 0.234. The Kier molecular flexibility index (Phi) is 10.5. The molecule has 0 atom stereocenters. The van der Waals surface area contributed by atoms with E-state index < -0.39 is 11.6 Å². The minimum absolute atomic E-state index is 0.00135. The Hall–Kier alpha value is -0.703. The van der Waals surface area contributed by atoms with E-state index in [2.05, 4.69) is 6.92 Å². The fraction of sp³-hybridized carbons (Fsp3) is 0.786. The lowest BCUT2D eigenvalue weighted by Gasteiger charge is -2.37. The third-order valence-corrected chi connectivity index (χ3v) is 11.4. The molecule has 1 aromatic rings. The van der Waals surface area contributed by atoms with Gasteiger partial charge in [0.05, 0.1) is 0 Å². The Morgan fingerprint density at radius 1 is 0.774 bits per heavy atom. The maximum atomic E-state index is 14.2. The highest BCUT2D eigenvalue weighted by molar-refractivity contribution is 6.58. The second kappa shape index (κ2) is 13.1. The van der Waals surface area contributed by atoms with Gasteiger partial charge in [0.25, 0.3) is 0 Å². The Morgan fingerprint density at radius 3 is 2.10 bits per heavy atom. The SMILES string of the molecule is CCCCC[Si]1CCC(C2CCC(CCCCc3ccc(CC)c(F)c3F)CC2)CC1. The summed E-state index contributed by atoms with van der Waals surface area (Å²) in [6, 6.07) is 8.32. The summed E-state index contributed by atoms with van der Waals surface area (Å²) in [5.74, 6) is 1.67. The van der Waals surface area contributed by atoms with Crippen molar-refractivity contribution in [1.29, 1.82) is 0 Å². The molecular weight excluding hydrogens is 402 g/mol. The first-order chi connectivity index (χ1) is 15.1. The fourth-order valence-corrected chi connectivity index (χ4v) is 9.25. The van der Waals surface area contributed by atoms with E-state index in [4.69, 9.17) is 0 Å². The zero-order valence-electron chi connectivity index (χ0n) is 20.2. The van der Waals surface area contributed by atoms with Gasteiger partial charge in [-0.15, -0.1) is 0 Å². The fourth-order valence-electron chi connectivity index (χ4n) is 6.19. The maximum absolute atomic E-state index is 14.2. The Bertz CT molecular complexity index is 643. The largest absolute Gasteiger partial charge is 0.203 e. The van der Waals surface area contributed by atoms with E-state index in [1.54, 1.807) is 30.3 Å². The van der Waals surface area contributed by atoms with Crippen LogP contribution in [0, 0.1) is 29.4 Å². The molecule has 1 saturated carbocycles. The van der Waals surface area contributed by atoms with Crippen molar-refractivity contribution in [3.05, 3.63) is 34.9 Å². The van der Waals surface area contributed by atoms with Gasteiger partial charge in [-0.2, -0.15) is 0 Å². The van der Waals surface area contributed by atoms with Crippen LogP contribution in [0.25, 0.3) is 0 Å². The van der Waals surface area contributed by atoms with Crippen molar-refractivity contribution in [3.63, 3.8) is 0 Å². The molecule has 1 saturated heterocycles. The second-order valence-corrected chi connectivity index (χ2v) is 13.4. The van der Waals surface area contributed by atoms with Crippen LogP contribution in [0.5, 0.6) is 0 Å². The number of halogens is 2. The van der Waals surface area contributed by atoms with Gasteiger partial charge >= 0.3 is 0 Å². The van der Waals surface area contributed by atoms with Crippen LogP contribution in [0.1, 0.15) is 102 Å². The van der Waals surface area contributed by atoms with E-state index in [1.165, 1.54) is 64.2 Å². The number of unbranched alkanes of at least 4 members (excludes halogenated alkanes) is 3. The lowest BCUT2D eigenvalue weighted by molar-refractivity contribution is 0.184. The number of hydrogen-bond donors (Lipinski definition) is 0. The molecule has 1 heterocycles. The summed E-state index contributed by atoms with van der Waals surface area (Å²) in [6.45, 7) is 4.18. The Labute approximate surface area is 192 Å². The molecule has 0 N–H and O–H groups in total. The van der Waals surface area contributed by atoms with Crippen LogP contribution in [0.15, 0.2) is 12.1 Å². The van der Waals surface area contributed by atoms with Gasteiger partial charge in [0.2, 0.25) is 0 Å². The molecule has 1 aliphatic heterocycles. The van der Waals surface area contributed by atoms with Crippen molar-refractivity contribution in [3.8, 4) is 0 Å². The predicted molar refractivity (Wildman–Crippen MR) is 131 cm³/mol. The summed E-state index contributed by atoms with van der Waals surface area (Å²) >= 11 is 0. The van der Waals surface area contributed by atoms with E-state index in [-0.39, 0.29) is 8.80 Å². The Balaban J connectivity index is 1.29. The summed E-state index contributed by atoms with van der Waals surface area (Å²) in [5.41, 5.74) is 1.05. The van der Waals surface area contributed by atoms with E-state index in [0.717, 1.165) is 30.6 Å². The third-order valence-electron chi connectivity index (χ3n) is 8.36. The van der Waals surface area contributed by atoms with Crippen LogP contribution in [0.3, 0.4) is 0 Å². The highest BCUT2D eigenvalue weighted by atomic mass is 28.3. The van der Waals surface area contributed by atoms with Gasteiger partial charge in [-0.25, -0.2) is 8.78 Å². The van der Waals surface area contributed by atoms with Crippen molar-refractivity contribution in [1.82, 2.24) is 0 Å². The number of benzene rings is 1. The third kappa shape index (κ3) is 7.40. The normalized spacial score (nSPS) is 23.4. The molecule has 31 heavy (non-hydrogen) atoms. The van der Waals surface area contributed by atoms with Gasteiger partial charge in [-0.05, 0) is 61.0 Å². The van der Waals surface area contributed by atoms with Crippen LogP contribution >= 0.6 is 0 Å². The molecule has 0 spiro atoms. The van der Waals surface area contributed by atoms with Gasteiger partial charge in [-0.1, -0.05) is 102 Å². The lowest BCUT2D eigenvalue weighted by Crippen LogP contribution is -2.28. The van der Waals surface area contributed by atoms with E-state index in [0.29, 0.717) is 24.0 Å². The van der Waals surface area contributed by atoms with Crippen LogP contribution in [-0.4, -0.2) is 8.80 Å². The zero-order valence-corrected chi connectivity index (χ0v) is 21.2. The molecule has 0 unspecified atom stereocenters. The molecule has 2 aliphatic rings. The summed E-state index contributed by atoms with van der Waals surface area (Å²) < 4.78 is 28.1. The molecule has 3 rings (SSSR count). The predicted octanol–water partition coefficient (Wildman–Crippen LogP) is 9.14. The van der Waals surface area contributed by atoms with Crippen molar-refractivity contribution in [2.75, 3.05) is 0 Å². The molecule has 0 aromatic heterocycles. The number of rotatable bonds is 11. The van der Waals surface area contributed by atoms with Crippen molar-refractivity contribution in [2.45, 2.75) is 122 Å². The molecule has 175 valence electrons. The van der Waals surface area contributed by atoms with Gasteiger partial charge in [-0.3, -0.25) is 0 Å². The highest BCUT2D eigenvalue weighted by Crippen LogP contribution is 2.42. The van der Waals surface area contributed by atoms with Gasteiger partial charge in [0, 0.05) is 8.80 Å². The molecule has 3 heteroatoms. The molecular formula is C28H45F2Si. The summed E-state index contributed by atoms with van der Waals surface area (Å²) in [5, 5.41) is 0. The van der Waals surface area contributed by atoms with E-state index in [1.807, 2.05) is 6.92 Å². The van der Waals surface area contributed by atoms with Crippen LogP contribution in [-0.2, 0) is 12.8 Å². The standard InChI is InChI=1S/C28H45F2Si/c1-3-5-8-19-31-20-17-25(18-21-31)24-13-11-22(12-14-24)9-6-7-10-26-16-15-23(4-2)27(29)28(26)30/h15-16,22,24-25H,3-14,17-21H2,1-2H3. The molecule has 2 fully saturated rings. The zero-order chi connectivity index (χ0) is 22.1. The molecule has 1 aromatic carbocycles. The van der Waals surface area contributed by atoms with Crippen LogP contribution in [0.2, 0.25) is 18.1 Å². The summed E-state index contributed by atoms with van der Waals surface area (Å²) in [7, 11) is 0.00135. The van der Waals surface area contributed by atoms with Crippen LogP contribution < -0.4 is 0 Å². The van der Waals surface area contributed by atoms with Gasteiger partial charge in [0.15, 0.2) is 11.6 Å². The van der Waals surface area contributed by atoms with Crippen LogP contribution in [0.4, 0.5) is 8.78 Å². The average molecular weight is 448 g/mol. The smallest absolute Gasteiger partial charge is 0.162 e. The molecule has 1 aliphatic carbocycles. The second-order valence-electron chi connectivity index (χ2n) is 10.4.